The van der Waals surface area contributed by atoms with Crippen LogP contribution in [0.5, 0.6) is 0 Å². The van der Waals surface area contributed by atoms with E-state index in [1.54, 1.807) is 48.5 Å². The zero-order valence-corrected chi connectivity index (χ0v) is 17.1. The molecule has 8 heteroatoms. The normalized spacial score (nSPS) is 15.9. The Morgan fingerprint density at radius 3 is 2.00 bits per heavy atom. The maximum atomic E-state index is 13.7. The number of hydrogen-bond donors (Lipinski definition) is 2. The third-order valence-electron chi connectivity index (χ3n) is 3.28. The van der Waals surface area contributed by atoms with Crippen molar-refractivity contribution in [1.82, 2.24) is 10.0 Å². The Balaban J connectivity index is 3.10. The summed E-state index contributed by atoms with van der Waals surface area (Å²) in [4.78, 5) is 12.0. The number of carbonyl (C=O) groups excluding carboxylic acids is 1. The lowest BCUT2D eigenvalue weighted by molar-refractivity contribution is 0.0500. The molecule has 0 spiro atoms. The lowest BCUT2D eigenvalue weighted by Crippen LogP contribution is -2.47. The van der Waals surface area contributed by atoms with Crippen molar-refractivity contribution >= 4 is 17.1 Å². The van der Waals surface area contributed by atoms with E-state index in [1.165, 1.54) is 0 Å². The van der Waals surface area contributed by atoms with Gasteiger partial charge in [-0.25, -0.2) is 22.5 Å². The van der Waals surface area contributed by atoms with Gasteiger partial charge in [-0.2, -0.15) is 0 Å². The minimum atomic E-state index is -1.52. The van der Waals surface area contributed by atoms with Gasteiger partial charge in [-0.3, -0.25) is 0 Å². The summed E-state index contributed by atoms with van der Waals surface area (Å²) in [6, 6.07) is 1.62. The summed E-state index contributed by atoms with van der Waals surface area (Å²) in [6.07, 6.45) is -0.671. The maximum absolute atomic E-state index is 13.7. The first-order valence-electron chi connectivity index (χ1n) is 8.32. The molecule has 5 nitrogen and oxygen atoms in total. The second kappa shape index (κ2) is 8.43. The Bertz CT molecular complexity index is 649. The Morgan fingerprint density at radius 2 is 1.58 bits per heavy atom. The molecule has 1 rings (SSSR count). The van der Waals surface area contributed by atoms with Crippen LogP contribution in [-0.4, -0.2) is 26.7 Å². The number of carbonyl (C=O) groups is 1. The van der Waals surface area contributed by atoms with E-state index >= 15 is 0 Å². The van der Waals surface area contributed by atoms with E-state index in [9.17, 15) is 17.8 Å². The lowest BCUT2D eigenvalue weighted by atomic mass is 10.0. The summed E-state index contributed by atoms with van der Waals surface area (Å²) in [6.45, 7) is 12.1. The fourth-order valence-corrected chi connectivity index (χ4v) is 3.01. The summed E-state index contributed by atoms with van der Waals surface area (Å²) >= 11 is 0. The highest BCUT2D eigenvalue weighted by Gasteiger charge is 2.29. The van der Waals surface area contributed by atoms with Crippen LogP contribution < -0.4 is 10.0 Å². The molecule has 0 saturated carbocycles. The van der Waals surface area contributed by atoms with Crippen LogP contribution in [0.3, 0.4) is 0 Å². The first-order chi connectivity index (χ1) is 11.7. The number of ether oxygens (including phenoxy) is 1. The molecule has 0 aliphatic carbocycles. The molecule has 3 atom stereocenters. The fourth-order valence-electron chi connectivity index (χ4n) is 2.08. The summed E-state index contributed by atoms with van der Waals surface area (Å²) in [7, 11) is -1.52. The number of rotatable bonds is 5. The molecule has 1 aromatic carbocycles. The number of amides is 1. The molecule has 148 valence electrons. The van der Waals surface area contributed by atoms with Gasteiger partial charge >= 0.3 is 6.09 Å². The first-order valence-corrected chi connectivity index (χ1v) is 9.47. The molecular weight excluding hydrogens is 362 g/mol. The van der Waals surface area contributed by atoms with Crippen molar-refractivity contribution in [2.75, 3.05) is 0 Å². The number of hydrogen-bond acceptors (Lipinski definition) is 3. The molecule has 0 heterocycles. The predicted molar refractivity (Wildman–Crippen MR) is 99.0 cm³/mol. The Labute approximate surface area is 156 Å². The molecular formula is C18H28F2N2O3S. The van der Waals surface area contributed by atoms with Gasteiger partial charge in [0, 0.05) is 12.1 Å². The van der Waals surface area contributed by atoms with E-state index in [0.717, 1.165) is 18.2 Å². The number of benzene rings is 1. The summed E-state index contributed by atoms with van der Waals surface area (Å²) < 4.78 is 47.3. The average Bonchev–Trinajstić information content (AvgIpc) is 2.39. The number of nitrogens with one attached hydrogen (secondary N) is 2. The zero-order valence-electron chi connectivity index (χ0n) is 16.3. The highest BCUT2D eigenvalue weighted by Crippen LogP contribution is 2.23. The monoisotopic (exact) mass is 390 g/mol. The average molecular weight is 390 g/mol. The topological polar surface area (TPSA) is 67.4 Å². The third kappa shape index (κ3) is 7.37. The lowest BCUT2D eigenvalue weighted by Gasteiger charge is -2.30. The summed E-state index contributed by atoms with van der Waals surface area (Å²) in [5, 5.41) is 2.63. The predicted octanol–water partition coefficient (Wildman–Crippen LogP) is 3.97. The van der Waals surface area contributed by atoms with E-state index in [1.807, 2.05) is 0 Å². The van der Waals surface area contributed by atoms with Crippen LogP contribution in [0.1, 0.15) is 60.1 Å². The molecule has 0 aliphatic rings. The van der Waals surface area contributed by atoms with Crippen molar-refractivity contribution in [1.29, 1.82) is 0 Å². The van der Waals surface area contributed by atoms with Crippen molar-refractivity contribution in [3.63, 3.8) is 0 Å². The van der Waals surface area contributed by atoms with Gasteiger partial charge in [-0.15, -0.1) is 0 Å². The number of alkyl carbamates (subject to hydrolysis) is 1. The van der Waals surface area contributed by atoms with Crippen LogP contribution in [0.4, 0.5) is 13.6 Å². The van der Waals surface area contributed by atoms with E-state index in [2.05, 4.69) is 10.0 Å². The molecule has 1 aromatic rings. The van der Waals surface area contributed by atoms with Crippen molar-refractivity contribution in [2.24, 2.45) is 0 Å². The van der Waals surface area contributed by atoms with E-state index < -0.39 is 51.1 Å². The van der Waals surface area contributed by atoms with Gasteiger partial charge in [0.15, 0.2) is 0 Å². The first kappa shape index (κ1) is 22.5. The highest BCUT2D eigenvalue weighted by atomic mass is 32.2. The largest absolute Gasteiger partial charge is 0.444 e. The molecule has 0 fully saturated rings. The van der Waals surface area contributed by atoms with Crippen LogP contribution in [0.2, 0.25) is 0 Å². The zero-order chi connectivity index (χ0) is 20.3. The van der Waals surface area contributed by atoms with Crippen LogP contribution in [0.15, 0.2) is 18.2 Å². The minimum absolute atomic E-state index is 0.239. The van der Waals surface area contributed by atoms with Crippen molar-refractivity contribution < 1.29 is 22.5 Å². The van der Waals surface area contributed by atoms with Gasteiger partial charge in [0.2, 0.25) is 0 Å². The summed E-state index contributed by atoms with van der Waals surface area (Å²) in [5.41, 5.74) is -0.449. The fraction of sp³-hybridized carbons (Fsp3) is 0.611. The van der Waals surface area contributed by atoms with Crippen LogP contribution in [-0.2, 0) is 15.7 Å². The second-order valence-corrected chi connectivity index (χ2v) is 10.1. The van der Waals surface area contributed by atoms with Crippen molar-refractivity contribution in [3.05, 3.63) is 35.4 Å². The SMILES string of the molecule is C[C@H](NC(=O)OC(C)(C)C)C(NS(=O)C(C)(C)C)c1cc(F)cc(F)c1. The minimum Gasteiger partial charge on any atom is -0.444 e. The van der Waals surface area contributed by atoms with Crippen molar-refractivity contribution in [2.45, 2.75) is 70.9 Å². The van der Waals surface area contributed by atoms with E-state index in [0.29, 0.717) is 0 Å². The standard InChI is InChI=1S/C18H28F2N2O3S/c1-11(21-16(23)25-17(2,3)4)15(22-26(24)18(5,6)7)12-8-13(19)10-14(20)9-12/h8-11,15,22H,1-7H3,(H,21,23)/t11-,15?,26?/m0/s1. The van der Waals surface area contributed by atoms with E-state index in [-0.39, 0.29) is 5.56 Å². The van der Waals surface area contributed by atoms with Gasteiger partial charge in [0.1, 0.15) is 17.2 Å². The second-order valence-electron chi connectivity index (χ2n) is 8.11. The highest BCUT2D eigenvalue weighted by molar-refractivity contribution is 7.84. The maximum Gasteiger partial charge on any atom is 0.407 e. The van der Waals surface area contributed by atoms with Gasteiger partial charge in [0.25, 0.3) is 0 Å². The smallest absolute Gasteiger partial charge is 0.407 e. The molecule has 0 radical (unpaired) electrons. The van der Waals surface area contributed by atoms with Crippen LogP contribution >= 0.6 is 0 Å². The van der Waals surface area contributed by atoms with Gasteiger partial charge in [-0.05, 0) is 66.2 Å². The van der Waals surface area contributed by atoms with Gasteiger partial charge in [-0.1, -0.05) is 0 Å². The molecule has 0 aromatic heterocycles. The Hall–Kier alpha value is -1.54. The van der Waals surface area contributed by atoms with Crippen molar-refractivity contribution in [3.8, 4) is 0 Å². The van der Waals surface area contributed by atoms with Gasteiger partial charge in [0.05, 0.1) is 21.8 Å². The molecule has 0 aliphatic heterocycles. The van der Waals surface area contributed by atoms with E-state index in [4.69, 9.17) is 4.74 Å². The molecule has 0 bridgehead atoms. The quantitative estimate of drug-likeness (QED) is 0.799. The molecule has 26 heavy (non-hydrogen) atoms. The molecule has 2 N–H and O–H groups in total. The molecule has 0 saturated heterocycles. The van der Waals surface area contributed by atoms with Gasteiger partial charge < -0.3 is 10.1 Å². The molecule has 2 unspecified atom stereocenters. The Kier molecular flexibility index (Phi) is 7.30. The van der Waals surface area contributed by atoms with Crippen LogP contribution in [0, 0.1) is 11.6 Å². The third-order valence-corrected chi connectivity index (χ3v) is 4.86. The Morgan fingerprint density at radius 1 is 1.08 bits per heavy atom. The number of halogens is 2. The summed E-state index contributed by atoms with van der Waals surface area (Å²) in [5.74, 6) is -1.50. The molecule has 1 amide bonds. The van der Waals surface area contributed by atoms with Crippen LogP contribution in [0.25, 0.3) is 0 Å².